The number of aromatic nitrogens is 1. The molecule has 0 saturated heterocycles. The first-order valence-corrected chi connectivity index (χ1v) is 8.75. The van der Waals surface area contributed by atoms with Gasteiger partial charge in [-0.05, 0) is 42.1 Å². The van der Waals surface area contributed by atoms with E-state index >= 15 is 0 Å². The first-order valence-electron chi connectivity index (χ1n) is 7.80. The summed E-state index contributed by atoms with van der Waals surface area (Å²) in [6, 6.07) is 11.8. The maximum atomic E-state index is 13.6. The molecule has 1 unspecified atom stereocenters. The second-order valence-electron chi connectivity index (χ2n) is 5.43. The molecule has 1 N–H and O–H groups in total. The van der Waals surface area contributed by atoms with Crippen molar-refractivity contribution >= 4 is 17.2 Å². The van der Waals surface area contributed by atoms with E-state index in [0.29, 0.717) is 6.54 Å². The average Bonchev–Trinajstić information content (AvgIpc) is 3.16. The second-order valence-corrected chi connectivity index (χ2v) is 6.21. The summed E-state index contributed by atoms with van der Waals surface area (Å²) in [4.78, 5) is 16.7. The fourth-order valence-corrected chi connectivity index (χ4v) is 2.99. The summed E-state index contributed by atoms with van der Waals surface area (Å²) in [5, 5.41) is 6.81. The largest absolute Gasteiger partial charge is 0.478 e. The van der Waals surface area contributed by atoms with Crippen molar-refractivity contribution < 1.29 is 13.9 Å². The molecular weight excluding hydrogens is 339 g/mol. The van der Waals surface area contributed by atoms with Gasteiger partial charge in [0.2, 0.25) is 0 Å². The lowest BCUT2D eigenvalue weighted by Crippen LogP contribution is -2.36. The molecule has 1 atom stereocenters. The molecule has 128 valence electrons. The Balaban J connectivity index is 1.64. The van der Waals surface area contributed by atoms with Gasteiger partial charge in [0.05, 0.1) is 5.69 Å². The molecule has 0 aliphatic carbocycles. The number of nitrogens with zero attached hydrogens (tertiary/aromatic N) is 1. The highest BCUT2D eigenvalue weighted by atomic mass is 32.1. The Morgan fingerprint density at radius 1 is 1.28 bits per heavy atom. The van der Waals surface area contributed by atoms with Gasteiger partial charge in [-0.15, -0.1) is 0 Å². The zero-order valence-corrected chi connectivity index (χ0v) is 14.4. The summed E-state index contributed by atoms with van der Waals surface area (Å²) >= 11 is 1.59. The summed E-state index contributed by atoms with van der Waals surface area (Å²) in [6.07, 6.45) is 0.917. The highest BCUT2D eigenvalue weighted by Crippen LogP contribution is 2.23. The zero-order chi connectivity index (χ0) is 17.6. The number of hydrogen-bond acceptors (Lipinski definition) is 4. The van der Waals surface area contributed by atoms with E-state index in [1.54, 1.807) is 36.6 Å². The van der Waals surface area contributed by atoms with Crippen molar-refractivity contribution in [1.82, 2.24) is 10.3 Å². The van der Waals surface area contributed by atoms with Crippen molar-refractivity contribution in [1.29, 1.82) is 0 Å². The van der Waals surface area contributed by atoms with Crippen molar-refractivity contribution in [2.45, 2.75) is 19.6 Å². The van der Waals surface area contributed by atoms with Crippen molar-refractivity contribution in [2.24, 2.45) is 0 Å². The summed E-state index contributed by atoms with van der Waals surface area (Å²) < 4.78 is 19.0. The molecule has 25 heavy (non-hydrogen) atoms. The molecule has 3 rings (SSSR count). The Labute approximate surface area is 149 Å². The second kappa shape index (κ2) is 7.90. The summed E-state index contributed by atoms with van der Waals surface area (Å²) in [5.41, 5.74) is 2.77. The van der Waals surface area contributed by atoms with Gasteiger partial charge in [-0.2, -0.15) is 11.3 Å². The molecule has 2 heterocycles. The third-order valence-electron chi connectivity index (χ3n) is 3.65. The standard InChI is InChI=1S/C19H17FN2O2S/c1-13(24-17-7-3-2-6-16(17)20)19(23)22-11-14-5-4-9-21-18(14)15-8-10-25-12-15/h2-10,12-13H,11H2,1H3,(H,22,23). The molecule has 0 aliphatic rings. The van der Waals surface area contributed by atoms with Crippen molar-refractivity contribution in [3.05, 3.63) is 70.8 Å². The van der Waals surface area contributed by atoms with Gasteiger partial charge in [0, 0.05) is 23.7 Å². The van der Waals surface area contributed by atoms with Gasteiger partial charge in [-0.25, -0.2) is 4.39 Å². The number of halogens is 1. The summed E-state index contributed by atoms with van der Waals surface area (Å²) in [6.45, 7) is 1.91. The monoisotopic (exact) mass is 356 g/mol. The van der Waals surface area contributed by atoms with E-state index in [0.717, 1.165) is 16.8 Å². The molecule has 0 aliphatic heterocycles. The number of ether oxygens (including phenoxy) is 1. The van der Waals surface area contributed by atoms with Crippen LogP contribution in [0.15, 0.2) is 59.4 Å². The number of para-hydroxylation sites is 1. The number of pyridine rings is 1. The van der Waals surface area contributed by atoms with E-state index in [2.05, 4.69) is 10.3 Å². The number of carbonyl (C=O) groups is 1. The third-order valence-corrected chi connectivity index (χ3v) is 4.33. The van der Waals surface area contributed by atoms with Crippen LogP contribution in [0.25, 0.3) is 11.3 Å². The lowest BCUT2D eigenvalue weighted by atomic mass is 10.1. The minimum atomic E-state index is -0.807. The van der Waals surface area contributed by atoms with Crippen LogP contribution in [0.1, 0.15) is 12.5 Å². The predicted octanol–water partition coefficient (Wildman–Crippen LogP) is 4.03. The fraction of sp³-hybridized carbons (Fsp3) is 0.158. The van der Waals surface area contributed by atoms with Gasteiger partial charge in [0.1, 0.15) is 0 Å². The SMILES string of the molecule is CC(Oc1ccccc1F)C(=O)NCc1cccnc1-c1ccsc1. The van der Waals surface area contributed by atoms with Gasteiger partial charge in [-0.3, -0.25) is 9.78 Å². The first kappa shape index (κ1) is 17.1. The Morgan fingerprint density at radius 2 is 2.12 bits per heavy atom. The average molecular weight is 356 g/mol. The number of carbonyl (C=O) groups excluding carboxylic acids is 1. The highest BCUT2D eigenvalue weighted by Gasteiger charge is 2.17. The van der Waals surface area contributed by atoms with Crippen LogP contribution in [-0.2, 0) is 11.3 Å². The van der Waals surface area contributed by atoms with Gasteiger partial charge in [0.15, 0.2) is 17.7 Å². The molecule has 2 aromatic heterocycles. The van der Waals surface area contributed by atoms with Crippen molar-refractivity contribution in [3.8, 4) is 17.0 Å². The van der Waals surface area contributed by atoms with E-state index in [1.165, 1.54) is 12.1 Å². The fourth-order valence-electron chi connectivity index (χ4n) is 2.35. The van der Waals surface area contributed by atoms with Crippen LogP contribution in [0.5, 0.6) is 5.75 Å². The molecule has 1 amide bonds. The molecule has 4 nitrogen and oxygen atoms in total. The molecule has 0 spiro atoms. The molecule has 0 bridgehead atoms. The molecular formula is C19H17FN2O2S. The van der Waals surface area contributed by atoms with Gasteiger partial charge >= 0.3 is 0 Å². The quantitative estimate of drug-likeness (QED) is 0.725. The highest BCUT2D eigenvalue weighted by molar-refractivity contribution is 7.08. The van der Waals surface area contributed by atoms with Crippen LogP contribution < -0.4 is 10.1 Å². The lowest BCUT2D eigenvalue weighted by molar-refractivity contribution is -0.127. The Hall–Kier alpha value is -2.73. The number of amides is 1. The van der Waals surface area contributed by atoms with E-state index in [9.17, 15) is 9.18 Å². The smallest absolute Gasteiger partial charge is 0.261 e. The van der Waals surface area contributed by atoms with Gasteiger partial charge in [0.25, 0.3) is 5.91 Å². The van der Waals surface area contributed by atoms with Crippen LogP contribution in [0.3, 0.4) is 0 Å². The van der Waals surface area contributed by atoms with E-state index in [4.69, 9.17) is 4.74 Å². The normalized spacial score (nSPS) is 11.8. The predicted molar refractivity (Wildman–Crippen MR) is 95.9 cm³/mol. The number of thiophene rings is 1. The van der Waals surface area contributed by atoms with Crippen molar-refractivity contribution in [3.63, 3.8) is 0 Å². The zero-order valence-electron chi connectivity index (χ0n) is 13.6. The lowest BCUT2D eigenvalue weighted by Gasteiger charge is -2.15. The van der Waals surface area contributed by atoms with Gasteiger partial charge < -0.3 is 10.1 Å². The minimum Gasteiger partial charge on any atom is -0.478 e. The summed E-state index contributed by atoms with van der Waals surface area (Å²) in [7, 11) is 0. The molecule has 6 heteroatoms. The van der Waals surface area contributed by atoms with Crippen LogP contribution in [-0.4, -0.2) is 17.0 Å². The number of rotatable bonds is 6. The Kier molecular flexibility index (Phi) is 5.40. The molecule has 0 saturated carbocycles. The Bertz CT molecular complexity index is 852. The van der Waals surface area contributed by atoms with E-state index in [-0.39, 0.29) is 11.7 Å². The molecule has 0 fully saturated rings. The molecule has 1 aromatic carbocycles. The Morgan fingerprint density at radius 3 is 2.88 bits per heavy atom. The van der Waals surface area contributed by atoms with Crippen LogP contribution in [0, 0.1) is 5.82 Å². The molecule has 3 aromatic rings. The van der Waals surface area contributed by atoms with Gasteiger partial charge in [-0.1, -0.05) is 18.2 Å². The maximum Gasteiger partial charge on any atom is 0.261 e. The van der Waals surface area contributed by atoms with Crippen LogP contribution in [0.4, 0.5) is 4.39 Å². The topological polar surface area (TPSA) is 51.2 Å². The van der Waals surface area contributed by atoms with Crippen molar-refractivity contribution in [2.75, 3.05) is 0 Å². The van der Waals surface area contributed by atoms with Crippen LogP contribution in [0.2, 0.25) is 0 Å². The van der Waals surface area contributed by atoms with Crippen LogP contribution >= 0.6 is 11.3 Å². The number of benzene rings is 1. The number of hydrogen-bond donors (Lipinski definition) is 1. The summed E-state index contributed by atoms with van der Waals surface area (Å²) in [5.74, 6) is -0.747. The maximum absolute atomic E-state index is 13.6. The van der Waals surface area contributed by atoms with E-state index in [1.807, 2.05) is 29.0 Å². The third kappa shape index (κ3) is 4.22. The minimum absolute atomic E-state index is 0.0606. The first-order chi connectivity index (χ1) is 12.1. The molecule has 0 radical (unpaired) electrons. The van der Waals surface area contributed by atoms with E-state index < -0.39 is 11.9 Å². The number of nitrogens with one attached hydrogen (secondary N) is 1.